The minimum absolute atomic E-state index is 0.127. The van der Waals surface area contributed by atoms with E-state index >= 15 is 0 Å². The van der Waals surface area contributed by atoms with E-state index in [0.717, 1.165) is 10.9 Å². The number of carboxylic acid groups (broad SMARTS) is 1. The molecule has 5 nitrogen and oxygen atoms in total. The van der Waals surface area contributed by atoms with E-state index in [1.54, 1.807) is 12.1 Å². The fraction of sp³-hybridized carbons (Fsp3) is 0.417. The molecule has 1 aliphatic heterocycles. The second-order valence-corrected chi connectivity index (χ2v) is 4.93. The molecule has 0 aromatic heterocycles. The Morgan fingerprint density at radius 2 is 2.00 bits per heavy atom. The second kappa shape index (κ2) is 5.58. The van der Waals surface area contributed by atoms with Crippen molar-refractivity contribution >= 4 is 21.9 Å². The smallest absolute Gasteiger partial charge is 0.305 e. The van der Waals surface area contributed by atoms with Crippen molar-refractivity contribution in [3.63, 3.8) is 0 Å². The molecular weight excluding hydrogens is 302 g/mol. The first kappa shape index (κ1) is 13.2. The summed E-state index contributed by atoms with van der Waals surface area (Å²) in [6, 6.07) is 2.95. The number of rotatable bonds is 3. The van der Waals surface area contributed by atoms with Gasteiger partial charge in [-0.25, -0.2) is 0 Å². The number of halogens is 1. The van der Waals surface area contributed by atoms with Gasteiger partial charge < -0.3 is 20.3 Å². The summed E-state index contributed by atoms with van der Waals surface area (Å²) in [4.78, 5) is 10.7. The Balaban J connectivity index is 2.31. The Hall–Kier alpha value is -1.27. The van der Waals surface area contributed by atoms with Crippen LogP contribution in [-0.4, -0.2) is 24.3 Å². The highest BCUT2D eigenvalue weighted by Crippen LogP contribution is 2.37. The Morgan fingerprint density at radius 3 is 2.61 bits per heavy atom. The average Bonchev–Trinajstić information content (AvgIpc) is 2.51. The first-order chi connectivity index (χ1) is 8.58. The molecule has 18 heavy (non-hydrogen) atoms. The molecule has 3 N–H and O–H groups in total. The van der Waals surface area contributed by atoms with Gasteiger partial charge in [0.1, 0.15) is 0 Å². The summed E-state index contributed by atoms with van der Waals surface area (Å²) >= 11 is 3.38. The molecule has 1 aromatic rings. The van der Waals surface area contributed by atoms with Crippen LogP contribution in [0.25, 0.3) is 0 Å². The van der Waals surface area contributed by atoms with Gasteiger partial charge in [0.2, 0.25) is 0 Å². The number of fused-ring (bicyclic) bond motifs is 1. The number of aliphatic carboxylic acids is 1. The van der Waals surface area contributed by atoms with E-state index in [9.17, 15) is 4.79 Å². The van der Waals surface area contributed by atoms with Crippen LogP contribution in [0, 0.1) is 0 Å². The van der Waals surface area contributed by atoms with Crippen molar-refractivity contribution in [3.8, 4) is 11.5 Å². The predicted molar refractivity (Wildman–Crippen MR) is 68.9 cm³/mol. The molecule has 1 aliphatic rings. The number of carbonyl (C=O) groups is 1. The van der Waals surface area contributed by atoms with E-state index < -0.39 is 12.0 Å². The van der Waals surface area contributed by atoms with E-state index in [1.165, 1.54) is 0 Å². The molecule has 0 saturated heterocycles. The Labute approximate surface area is 113 Å². The quantitative estimate of drug-likeness (QED) is 0.892. The van der Waals surface area contributed by atoms with Gasteiger partial charge in [-0.05, 0) is 17.7 Å². The Morgan fingerprint density at radius 1 is 1.39 bits per heavy atom. The van der Waals surface area contributed by atoms with Crippen LogP contribution in [0.4, 0.5) is 0 Å². The largest absolute Gasteiger partial charge is 0.490 e. The van der Waals surface area contributed by atoms with Gasteiger partial charge in [-0.1, -0.05) is 15.9 Å². The maximum atomic E-state index is 10.7. The first-order valence-corrected chi connectivity index (χ1v) is 6.43. The zero-order chi connectivity index (χ0) is 13.1. The minimum Gasteiger partial charge on any atom is -0.490 e. The predicted octanol–water partition coefficient (Wildman–Crippen LogP) is 2.08. The van der Waals surface area contributed by atoms with E-state index in [2.05, 4.69) is 15.9 Å². The van der Waals surface area contributed by atoms with Gasteiger partial charge >= 0.3 is 5.97 Å². The molecule has 98 valence electrons. The van der Waals surface area contributed by atoms with Crippen LogP contribution < -0.4 is 15.2 Å². The monoisotopic (exact) mass is 315 g/mol. The fourth-order valence-corrected chi connectivity index (χ4v) is 2.40. The van der Waals surface area contributed by atoms with Gasteiger partial charge in [0, 0.05) is 16.9 Å². The zero-order valence-corrected chi connectivity index (χ0v) is 11.3. The van der Waals surface area contributed by atoms with Gasteiger partial charge in [0.25, 0.3) is 0 Å². The molecule has 1 atom stereocenters. The molecule has 1 unspecified atom stereocenters. The third kappa shape index (κ3) is 2.94. The van der Waals surface area contributed by atoms with E-state index in [-0.39, 0.29) is 6.42 Å². The van der Waals surface area contributed by atoms with Crippen molar-refractivity contribution in [3.05, 3.63) is 22.2 Å². The molecule has 0 amide bonds. The summed E-state index contributed by atoms with van der Waals surface area (Å²) in [6.07, 6.45) is 0.695. The lowest BCUT2D eigenvalue weighted by atomic mass is 10.0. The van der Waals surface area contributed by atoms with Gasteiger partial charge in [-0.15, -0.1) is 0 Å². The summed E-state index contributed by atoms with van der Waals surface area (Å²) in [6.45, 7) is 1.20. The maximum absolute atomic E-state index is 10.7. The summed E-state index contributed by atoms with van der Waals surface area (Å²) in [5.74, 6) is 0.346. The topological polar surface area (TPSA) is 81.8 Å². The van der Waals surface area contributed by atoms with Gasteiger partial charge in [0.05, 0.1) is 19.6 Å². The van der Waals surface area contributed by atoms with Crippen molar-refractivity contribution in [2.75, 3.05) is 13.2 Å². The lowest BCUT2D eigenvalue weighted by Gasteiger charge is -2.15. The van der Waals surface area contributed by atoms with E-state index in [0.29, 0.717) is 30.3 Å². The van der Waals surface area contributed by atoms with Crippen LogP contribution in [0.1, 0.15) is 24.4 Å². The number of hydrogen-bond acceptors (Lipinski definition) is 4. The highest BCUT2D eigenvalue weighted by molar-refractivity contribution is 9.10. The number of nitrogens with two attached hydrogens (primary N) is 1. The lowest BCUT2D eigenvalue weighted by molar-refractivity contribution is -0.137. The molecule has 6 heteroatoms. The van der Waals surface area contributed by atoms with Crippen LogP contribution >= 0.6 is 15.9 Å². The molecule has 1 heterocycles. The van der Waals surface area contributed by atoms with Crippen molar-refractivity contribution in [1.29, 1.82) is 0 Å². The molecule has 1 aromatic carbocycles. The Kier molecular flexibility index (Phi) is 4.08. The summed E-state index contributed by atoms with van der Waals surface area (Å²) in [7, 11) is 0. The van der Waals surface area contributed by atoms with Gasteiger partial charge in [0.15, 0.2) is 11.5 Å². The zero-order valence-electron chi connectivity index (χ0n) is 9.69. The molecule has 2 rings (SSSR count). The molecule has 0 spiro atoms. The van der Waals surface area contributed by atoms with Crippen LogP contribution in [-0.2, 0) is 4.79 Å². The third-order valence-corrected chi connectivity index (χ3v) is 3.35. The molecular formula is C12H14BrNO4. The van der Waals surface area contributed by atoms with Crippen LogP contribution in [0.15, 0.2) is 16.6 Å². The standard InChI is InChI=1S/C12H14BrNO4/c13-8-5-11-10(17-2-1-3-18-11)4-7(8)9(14)6-12(15)16/h4-5,9H,1-3,6,14H2,(H,15,16). The lowest BCUT2D eigenvalue weighted by Crippen LogP contribution is -2.15. The molecule has 0 fully saturated rings. The molecule has 0 saturated carbocycles. The summed E-state index contributed by atoms with van der Waals surface area (Å²) in [5.41, 5.74) is 6.57. The number of hydrogen-bond donors (Lipinski definition) is 2. The molecule has 0 bridgehead atoms. The van der Waals surface area contributed by atoms with Crippen LogP contribution in [0.5, 0.6) is 11.5 Å². The average molecular weight is 316 g/mol. The van der Waals surface area contributed by atoms with E-state index in [4.69, 9.17) is 20.3 Å². The molecule has 0 aliphatic carbocycles. The van der Waals surface area contributed by atoms with Gasteiger partial charge in [-0.2, -0.15) is 0 Å². The third-order valence-electron chi connectivity index (χ3n) is 2.66. The van der Waals surface area contributed by atoms with E-state index in [1.807, 2.05) is 0 Å². The number of ether oxygens (including phenoxy) is 2. The second-order valence-electron chi connectivity index (χ2n) is 4.08. The van der Waals surface area contributed by atoms with Crippen molar-refractivity contribution in [2.45, 2.75) is 18.9 Å². The van der Waals surface area contributed by atoms with Crippen molar-refractivity contribution in [1.82, 2.24) is 0 Å². The van der Waals surface area contributed by atoms with Crippen molar-refractivity contribution < 1.29 is 19.4 Å². The highest BCUT2D eigenvalue weighted by Gasteiger charge is 2.19. The SMILES string of the molecule is NC(CC(=O)O)c1cc2c(cc1Br)OCCCO2. The maximum Gasteiger partial charge on any atom is 0.305 e. The first-order valence-electron chi connectivity index (χ1n) is 5.64. The van der Waals surface area contributed by atoms with Crippen molar-refractivity contribution in [2.24, 2.45) is 5.73 Å². The minimum atomic E-state index is -0.929. The number of benzene rings is 1. The number of carboxylic acids is 1. The Bertz CT molecular complexity index is 464. The highest BCUT2D eigenvalue weighted by atomic mass is 79.9. The summed E-state index contributed by atoms with van der Waals surface area (Å²) < 4.78 is 11.8. The van der Waals surface area contributed by atoms with Gasteiger partial charge in [-0.3, -0.25) is 4.79 Å². The van der Waals surface area contributed by atoms with Crippen LogP contribution in [0.2, 0.25) is 0 Å². The normalized spacial score (nSPS) is 15.9. The molecule has 0 radical (unpaired) electrons. The summed E-state index contributed by atoms with van der Waals surface area (Å²) in [5, 5.41) is 8.77. The fourth-order valence-electron chi connectivity index (χ4n) is 1.78. The van der Waals surface area contributed by atoms with Crippen LogP contribution in [0.3, 0.4) is 0 Å².